The number of pyridine rings is 1. The summed E-state index contributed by atoms with van der Waals surface area (Å²) in [5.74, 6) is -2.01. The zero-order chi connectivity index (χ0) is 15.1. The van der Waals surface area contributed by atoms with E-state index in [0.717, 1.165) is 17.2 Å². The Kier molecular flexibility index (Phi) is 2.94. The summed E-state index contributed by atoms with van der Waals surface area (Å²) in [6, 6.07) is 7.45. The lowest BCUT2D eigenvalue weighted by molar-refractivity contribution is -0.615. The minimum absolute atomic E-state index is 0.107. The van der Waals surface area contributed by atoms with Gasteiger partial charge in [0.15, 0.2) is 6.20 Å². The molecule has 0 spiro atoms. The van der Waals surface area contributed by atoms with Gasteiger partial charge in [0.05, 0.1) is 11.1 Å². The van der Waals surface area contributed by atoms with Crippen molar-refractivity contribution in [1.82, 2.24) is 0 Å². The Morgan fingerprint density at radius 1 is 1.14 bits per heavy atom. The molecule has 0 saturated carbocycles. The summed E-state index contributed by atoms with van der Waals surface area (Å²) in [5.41, 5.74) is 0.173. The molecule has 2 heterocycles. The van der Waals surface area contributed by atoms with E-state index in [0.29, 0.717) is 4.73 Å². The number of aromatic nitrogens is 1. The second-order valence-electron chi connectivity index (χ2n) is 4.63. The zero-order valence-corrected chi connectivity index (χ0v) is 11.2. The van der Waals surface area contributed by atoms with Crippen molar-refractivity contribution in [3.05, 3.63) is 64.4 Å². The molecule has 1 aromatic carbocycles. The first-order chi connectivity index (χ1) is 10.1. The molecule has 1 aliphatic rings. The highest BCUT2D eigenvalue weighted by molar-refractivity contribution is 6.34. The molecule has 1 aromatic heterocycles. The number of benzene rings is 1. The third kappa shape index (κ3) is 1.79. The molecule has 2 amide bonds. The molecule has 0 N–H and O–H groups in total. The van der Waals surface area contributed by atoms with E-state index in [1.165, 1.54) is 12.1 Å². The number of fused-ring (bicyclic) bond motifs is 1. The quantitative estimate of drug-likeness (QED) is 0.480. The number of halogens is 1. The molecule has 0 fully saturated rings. The molecule has 106 valence electrons. The molecule has 3 rings (SSSR count). The Morgan fingerprint density at radius 2 is 1.71 bits per heavy atom. The van der Waals surface area contributed by atoms with Gasteiger partial charge in [0.1, 0.15) is 5.69 Å². The van der Waals surface area contributed by atoms with Gasteiger partial charge in [0.25, 0.3) is 11.8 Å². The molecular formula is C15H11FN2O3. The fourth-order valence-corrected chi connectivity index (χ4v) is 2.44. The van der Waals surface area contributed by atoms with Crippen molar-refractivity contribution in [2.45, 2.75) is 13.3 Å². The number of carbonyl (C=O) groups excluding carboxylic acids is 2. The molecule has 2 aromatic rings. The number of anilines is 1. The summed E-state index contributed by atoms with van der Waals surface area (Å²) in [4.78, 5) is 25.4. The Hall–Kier alpha value is -2.76. The van der Waals surface area contributed by atoms with Crippen LogP contribution in [0.4, 0.5) is 10.1 Å². The predicted molar refractivity (Wildman–Crippen MR) is 72.3 cm³/mol. The van der Waals surface area contributed by atoms with Crippen molar-refractivity contribution in [3.63, 3.8) is 0 Å². The molecule has 0 atom stereocenters. The summed E-state index contributed by atoms with van der Waals surface area (Å²) in [6.07, 6.45) is 1.26. The van der Waals surface area contributed by atoms with E-state index in [4.69, 9.17) is 0 Å². The molecular weight excluding hydrogens is 275 g/mol. The van der Waals surface area contributed by atoms with Crippen LogP contribution in [0.1, 0.15) is 33.3 Å². The van der Waals surface area contributed by atoms with Crippen molar-refractivity contribution < 1.29 is 18.7 Å². The van der Waals surface area contributed by atoms with Crippen LogP contribution in [0.15, 0.2) is 36.5 Å². The zero-order valence-electron chi connectivity index (χ0n) is 11.2. The minimum Gasteiger partial charge on any atom is -0.618 e. The van der Waals surface area contributed by atoms with Crippen LogP contribution in [-0.2, 0) is 6.42 Å². The molecule has 21 heavy (non-hydrogen) atoms. The Balaban J connectivity index is 2.16. The predicted octanol–water partition coefficient (Wildman–Crippen LogP) is 1.82. The summed E-state index contributed by atoms with van der Waals surface area (Å²) >= 11 is 0. The van der Waals surface area contributed by atoms with Gasteiger partial charge in [-0.15, -0.1) is 0 Å². The van der Waals surface area contributed by atoms with Crippen LogP contribution in [-0.4, -0.2) is 11.8 Å². The first-order valence-electron chi connectivity index (χ1n) is 6.44. The third-order valence-corrected chi connectivity index (χ3v) is 3.48. The summed E-state index contributed by atoms with van der Waals surface area (Å²) < 4.78 is 14.8. The van der Waals surface area contributed by atoms with E-state index >= 15 is 0 Å². The molecule has 1 aliphatic heterocycles. The highest BCUT2D eigenvalue weighted by Crippen LogP contribution is 2.30. The SMILES string of the molecule is CCc1c(F)c(N2C(=O)c3ccccc3C2=O)cc[n+]1[O-]. The average molecular weight is 286 g/mol. The second kappa shape index (κ2) is 4.66. The molecule has 0 bridgehead atoms. The molecule has 5 nitrogen and oxygen atoms in total. The Labute approximate surface area is 119 Å². The van der Waals surface area contributed by atoms with Crippen molar-refractivity contribution in [2.75, 3.05) is 4.90 Å². The van der Waals surface area contributed by atoms with Crippen LogP contribution in [0.25, 0.3) is 0 Å². The molecule has 0 unspecified atom stereocenters. The average Bonchev–Trinajstić information content (AvgIpc) is 2.73. The van der Waals surface area contributed by atoms with Gasteiger partial charge in [-0.1, -0.05) is 19.1 Å². The monoisotopic (exact) mass is 286 g/mol. The Bertz CT molecular complexity index is 739. The van der Waals surface area contributed by atoms with Crippen molar-refractivity contribution >= 4 is 17.5 Å². The summed E-state index contributed by atoms with van der Waals surface area (Å²) in [7, 11) is 0. The van der Waals surface area contributed by atoms with E-state index in [-0.39, 0.29) is 28.9 Å². The van der Waals surface area contributed by atoms with Gasteiger partial charge in [-0.25, -0.2) is 4.90 Å². The first kappa shape index (κ1) is 13.2. The van der Waals surface area contributed by atoms with Crippen LogP contribution in [0.3, 0.4) is 0 Å². The van der Waals surface area contributed by atoms with Gasteiger partial charge in [-0.3, -0.25) is 9.59 Å². The van der Waals surface area contributed by atoms with Crippen molar-refractivity contribution in [3.8, 4) is 0 Å². The van der Waals surface area contributed by atoms with Gasteiger partial charge in [-0.05, 0) is 12.1 Å². The second-order valence-corrected chi connectivity index (χ2v) is 4.63. The van der Waals surface area contributed by atoms with E-state index in [2.05, 4.69) is 0 Å². The normalized spacial score (nSPS) is 13.7. The van der Waals surface area contributed by atoms with E-state index in [1.54, 1.807) is 19.1 Å². The van der Waals surface area contributed by atoms with E-state index in [9.17, 15) is 19.2 Å². The summed E-state index contributed by atoms with van der Waals surface area (Å²) in [5, 5.41) is 11.5. The topological polar surface area (TPSA) is 64.3 Å². The van der Waals surface area contributed by atoms with E-state index in [1.807, 2.05) is 0 Å². The third-order valence-electron chi connectivity index (χ3n) is 3.48. The largest absolute Gasteiger partial charge is 0.618 e. The molecule has 0 aliphatic carbocycles. The minimum atomic E-state index is -0.843. The highest BCUT2D eigenvalue weighted by atomic mass is 19.1. The fourth-order valence-electron chi connectivity index (χ4n) is 2.44. The molecule has 0 saturated heterocycles. The van der Waals surface area contributed by atoms with Gasteiger partial charge >= 0.3 is 0 Å². The van der Waals surface area contributed by atoms with Crippen LogP contribution in [0, 0.1) is 11.0 Å². The van der Waals surface area contributed by atoms with Crippen LogP contribution >= 0.6 is 0 Å². The highest BCUT2D eigenvalue weighted by Gasteiger charge is 2.38. The van der Waals surface area contributed by atoms with Gasteiger partial charge in [0.2, 0.25) is 11.5 Å². The maximum absolute atomic E-state index is 14.4. The smallest absolute Gasteiger partial charge is 0.266 e. The maximum atomic E-state index is 14.4. The van der Waals surface area contributed by atoms with Crippen LogP contribution < -0.4 is 9.63 Å². The number of carbonyl (C=O) groups is 2. The maximum Gasteiger partial charge on any atom is 0.266 e. The van der Waals surface area contributed by atoms with Crippen LogP contribution in [0.5, 0.6) is 0 Å². The number of nitrogens with zero attached hydrogens (tertiary/aromatic N) is 2. The van der Waals surface area contributed by atoms with Gasteiger partial charge in [-0.2, -0.15) is 9.12 Å². The lowest BCUT2D eigenvalue weighted by Crippen LogP contribution is -2.36. The number of rotatable bonds is 2. The molecule has 6 heteroatoms. The van der Waals surface area contributed by atoms with Gasteiger partial charge < -0.3 is 5.21 Å². The number of amides is 2. The van der Waals surface area contributed by atoms with Crippen molar-refractivity contribution in [2.24, 2.45) is 0 Å². The lowest BCUT2D eigenvalue weighted by atomic mass is 10.1. The number of hydrogen-bond donors (Lipinski definition) is 0. The Morgan fingerprint density at radius 3 is 2.24 bits per heavy atom. The fraction of sp³-hybridized carbons (Fsp3) is 0.133. The number of imide groups is 1. The van der Waals surface area contributed by atoms with Gasteiger partial charge in [0, 0.05) is 12.5 Å². The van der Waals surface area contributed by atoms with E-state index < -0.39 is 17.6 Å². The number of hydrogen-bond acceptors (Lipinski definition) is 3. The van der Waals surface area contributed by atoms with Crippen molar-refractivity contribution in [1.29, 1.82) is 0 Å². The lowest BCUT2D eigenvalue weighted by Gasteiger charge is -2.15. The first-order valence-corrected chi connectivity index (χ1v) is 6.44. The summed E-state index contributed by atoms with van der Waals surface area (Å²) in [6.45, 7) is 1.62. The standard InChI is InChI=1S/C15H11FN2O3/c1-2-11-13(16)12(7-8-17(11)21)18-14(19)9-5-3-4-6-10(9)15(18)20/h3-8H,2H2,1H3. The molecule has 0 radical (unpaired) electrons. The van der Waals surface area contributed by atoms with Crippen LogP contribution in [0.2, 0.25) is 0 Å².